The van der Waals surface area contributed by atoms with Gasteiger partial charge in [-0.25, -0.2) is 0 Å². The molecule has 2 heterocycles. The molecule has 0 saturated carbocycles. The molecule has 0 radical (unpaired) electrons. The van der Waals surface area contributed by atoms with E-state index in [1.165, 1.54) is 5.56 Å². The summed E-state index contributed by atoms with van der Waals surface area (Å²) in [5, 5.41) is 2.98. The van der Waals surface area contributed by atoms with Crippen molar-refractivity contribution >= 4 is 11.8 Å². The van der Waals surface area contributed by atoms with Crippen LogP contribution in [0, 0.1) is 12.8 Å². The van der Waals surface area contributed by atoms with Gasteiger partial charge in [0.1, 0.15) is 11.5 Å². The fraction of sp³-hybridized carbons (Fsp3) is 0.429. The highest BCUT2D eigenvalue weighted by molar-refractivity contribution is 5.83. The first-order valence-electron chi connectivity index (χ1n) is 9.26. The van der Waals surface area contributed by atoms with Crippen molar-refractivity contribution in [3.63, 3.8) is 0 Å². The second-order valence-corrected chi connectivity index (χ2v) is 6.86. The lowest BCUT2D eigenvalue weighted by atomic mass is 9.96. The number of carbonyl (C=O) groups excluding carboxylic acids is 2. The molecule has 5 nitrogen and oxygen atoms in total. The summed E-state index contributed by atoms with van der Waals surface area (Å²) in [5.41, 5.74) is 1.21. The van der Waals surface area contributed by atoms with E-state index < -0.39 is 0 Å². The Morgan fingerprint density at radius 2 is 2.00 bits per heavy atom. The van der Waals surface area contributed by atoms with Gasteiger partial charge in [0.05, 0.1) is 5.92 Å². The SMILES string of the molecule is Cc1ccc(CCNC(=O)[C@H]2CCC(=O)N(CCc3ccccc3)C2)o1. The first kappa shape index (κ1) is 18.2. The highest BCUT2D eigenvalue weighted by atomic mass is 16.3. The molecule has 1 aromatic heterocycles. The van der Waals surface area contributed by atoms with E-state index in [0.717, 1.165) is 17.9 Å². The predicted octanol–water partition coefficient (Wildman–Crippen LogP) is 2.73. The minimum Gasteiger partial charge on any atom is -0.466 e. The number of nitrogens with one attached hydrogen (secondary N) is 1. The first-order chi connectivity index (χ1) is 12.6. The topological polar surface area (TPSA) is 62.6 Å². The highest BCUT2D eigenvalue weighted by Gasteiger charge is 2.29. The molecule has 1 aliphatic rings. The molecule has 0 aliphatic carbocycles. The smallest absolute Gasteiger partial charge is 0.224 e. The zero-order valence-corrected chi connectivity index (χ0v) is 15.2. The maximum Gasteiger partial charge on any atom is 0.224 e. The number of furan rings is 1. The fourth-order valence-electron chi connectivity index (χ4n) is 3.33. The zero-order valence-electron chi connectivity index (χ0n) is 15.2. The Labute approximate surface area is 154 Å². The van der Waals surface area contributed by atoms with E-state index >= 15 is 0 Å². The predicted molar refractivity (Wildman–Crippen MR) is 99.6 cm³/mol. The van der Waals surface area contributed by atoms with Crippen molar-refractivity contribution in [1.29, 1.82) is 0 Å². The van der Waals surface area contributed by atoms with E-state index in [4.69, 9.17) is 4.42 Å². The highest BCUT2D eigenvalue weighted by Crippen LogP contribution is 2.18. The summed E-state index contributed by atoms with van der Waals surface area (Å²) in [6.07, 6.45) is 2.58. The molecule has 138 valence electrons. The Kier molecular flexibility index (Phi) is 6.10. The molecule has 1 aromatic carbocycles. The number of amides is 2. The van der Waals surface area contributed by atoms with E-state index in [1.54, 1.807) is 0 Å². The van der Waals surface area contributed by atoms with Gasteiger partial charge in [-0.05, 0) is 37.5 Å². The van der Waals surface area contributed by atoms with Crippen molar-refractivity contribution in [1.82, 2.24) is 10.2 Å². The number of carbonyl (C=O) groups is 2. The quantitative estimate of drug-likeness (QED) is 0.832. The second kappa shape index (κ2) is 8.70. The minimum absolute atomic E-state index is 0.0329. The number of benzene rings is 1. The second-order valence-electron chi connectivity index (χ2n) is 6.86. The summed E-state index contributed by atoms with van der Waals surface area (Å²) in [6.45, 7) is 3.64. The van der Waals surface area contributed by atoms with Gasteiger partial charge >= 0.3 is 0 Å². The molecular formula is C21H26N2O3. The number of aryl methyl sites for hydroxylation is 1. The molecule has 1 fully saturated rings. The molecule has 5 heteroatoms. The zero-order chi connectivity index (χ0) is 18.4. The van der Waals surface area contributed by atoms with Gasteiger partial charge < -0.3 is 14.6 Å². The molecule has 1 N–H and O–H groups in total. The molecule has 0 bridgehead atoms. The van der Waals surface area contributed by atoms with Crippen LogP contribution < -0.4 is 5.32 Å². The van der Waals surface area contributed by atoms with Crippen LogP contribution >= 0.6 is 0 Å². The van der Waals surface area contributed by atoms with Gasteiger partial charge in [0.25, 0.3) is 0 Å². The van der Waals surface area contributed by atoms with Crippen LogP contribution in [0.5, 0.6) is 0 Å². The van der Waals surface area contributed by atoms with Crippen LogP contribution in [-0.2, 0) is 22.4 Å². The summed E-state index contributed by atoms with van der Waals surface area (Å²) in [7, 11) is 0. The standard InChI is InChI=1S/C21H26N2O3/c1-16-7-9-19(26-16)11-13-22-21(25)18-8-10-20(24)23(15-18)14-12-17-5-3-2-4-6-17/h2-7,9,18H,8,10-15H2,1H3,(H,22,25)/t18-/m0/s1. The van der Waals surface area contributed by atoms with E-state index in [1.807, 2.05) is 42.2 Å². The summed E-state index contributed by atoms with van der Waals surface area (Å²) in [4.78, 5) is 26.4. The first-order valence-corrected chi connectivity index (χ1v) is 9.26. The van der Waals surface area contributed by atoms with Crippen LogP contribution in [0.1, 0.15) is 29.9 Å². The summed E-state index contributed by atoms with van der Waals surface area (Å²) >= 11 is 0. The molecule has 0 unspecified atom stereocenters. The van der Waals surface area contributed by atoms with Crippen molar-refractivity contribution in [2.75, 3.05) is 19.6 Å². The third-order valence-corrected chi connectivity index (χ3v) is 4.85. The number of piperidine rings is 1. The number of hydrogen-bond acceptors (Lipinski definition) is 3. The van der Waals surface area contributed by atoms with E-state index in [0.29, 0.717) is 38.9 Å². The van der Waals surface area contributed by atoms with Gasteiger partial charge in [0.2, 0.25) is 11.8 Å². The number of rotatable bonds is 7. The van der Waals surface area contributed by atoms with Gasteiger partial charge in [0.15, 0.2) is 0 Å². The fourth-order valence-corrected chi connectivity index (χ4v) is 3.33. The molecule has 3 rings (SSSR count). The van der Waals surface area contributed by atoms with Crippen molar-refractivity contribution in [2.45, 2.75) is 32.6 Å². The number of nitrogens with zero attached hydrogens (tertiary/aromatic N) is 1. The summed E-state index contributed by atoms with van der Waals surface area (Å²) in [6, 6.07) is 14.0. The van der Waals surface area contributed by atoms with Gasteiger partial charge in [-0.15, -0.1) is 0 Å². The van der Waals surface area contributed by atoms with E-state index in [9.17, 15) is 9.59 Å². The van der Waals surface area contributed by atoms with Crippen LogP contribution in [0.4, 0.5) is 0 Å². The average molecular weight is 354 g/mol. The van der Waals surface area contributed by atoms with E-state index in [-0.39, 0.29) is 17.7 Å². The molecule has 2 amide bonds. The number of likely N-dealkylation sites (tertiary alicyclic amines) is 1. The van der Waals surface area contributed by atoms with Crippen molar-refractivity contribution in [2.24, 2.45) is 5.92 Å². The molecular weight excluding hydrogens is 328 g/mol. The molecule has 26 heavy (non-hydrogen) atoms. The molecule has 1 saturated heterocycles. The third-order valence-electron chi connectivity index (χ3n) is 4.85. The van der Waals surface area contributed by atoms with Crippen molar-refractivity contribution < 1.29 is 14.0 Å². The summed E-state index contributed by atoms with van der Waals surface area (Å²) in [5.74, 6) is 1.82. The lowest BCUT2D eigenvalue weighted by Crippen LogP contribution is -2.46. The van der Waals surface area contributed by atoms with Crippen molar-refractivity contribution in [3.8, 4) is 0 Å². The van der Waals surface area contributed by atoms with Gasteiger partial charge in [0, 0.05) is 32.5 Å². The van der Waals surface area contributed by atoms with Crippen LogP contribution in [0.15, 0.2) is 46.9 Å². The van der Waals surface area contributed by atoms with E-state index in [2.05, 4.69) is 17.4 Å². The Balaban J connectivity index is 1.45. The lowest BCUT2D eigenvalue weighted by Gasteiger charge is -2.32. The van der Waals surface area contributed by atoms with Crippen molar-refractivity contribution in [3.05, 3.63) is 59.5 Å². The van der Waals surface area contributed by atoms with Gasteiger partial charge in [-0.2, -0.15) is 0 Å². The molecule has 1 atom stereocenters. The summed E-state index contributed by atoms with van der Waals surface area (Å²) < 4.78 is 5.51. The van der Waals surface area contributed by atoms with Crippen LogP contribution in [-0.4, -0.2) is 36.3 Å². The normalized spacial score (nSPS) is 17.3. The molecule has 1 aliphatic heterocycles. The van der Waals surface area contributed by atoms with Crippen LogP contribution in [0.2, 0.25) is 0 Å². The Bertz CT molecular complexity index is 739. The van der Waals surface area contributed by atoms with Gasteiger partial charge in [-0.3, -0.25) is 9.59 Å². The Morgan fingerprint density at radius 1 is 1.19 bits per heavy atom. The Hall–Kier alpha value is -2.56. The van der Waals surface area contributed by atoms with Crippen LogP contribution in [0.25, 0.3) is 0 Å². The molecule has 0 spiro atoms. The molecule has 2 aromatic rings. The lowest BCUT2D eigenvalue weighted by molar-refractivity contribution is -0.138. The Morgan fingerprint density at radius 3 is 2.73 bits per heavy atom. The maximum atomic E-state index is 12.4. The minimum atomic E-state index is -0.123. The third kappa shape index (κ3) is 4.97. The average Bonchev–Trinajstić information content (AvgIpc) is 3.07. The number of hydrogen-bond donors (Lipinski definition) is 1. The van der Waals surface area contributed by atoms with Crippen LogP contribution in [0.3, 0.4) is 0 Å². The largest absolute Gasteiger partial charge is 0.466 e. The monoisotopic (exact) mass is 354 g/mol. The maximum absolute atomic E-state index is 12.4. The van der Waals surface area contributed by atoms with Gasteiger partial charge in [-0.1, -0.05) is 30.3 Å².